The van der Waals surface area contributed by atoms with Crippen LogP contribution < -0.4 is 10.9 Å². The first-order valence-corrected chi connectivity index (χ1v) is 9.51. The molecule has 0 spiro atoms. The van der Waals surface area contributed by atoms with E-state index in [4.69, 9.17) is 11.6 Å². The van der Waals surface area contributed by atoms with Gasteiger partial charge in [0, 0.05) is 11.6 Å². The zero-order chi connectivity index (χ0) is 21.3. The number of aryl methyl sites for hydroxylation is 1. The number of aromatic nitrogens is 4. The number of carbonyl (C=O) groups is 1. The molecule has 1 N–H and O–H groups in total. The minimum atomic E-state index is -0.372. The molecule has 9 heteroatoms. The fourth-order valence-corrected chi connectivity index (χ4v) is 3.23. The van der Waals surface area contributed by atoms with Crippen molar-refractivity contribution in [3.8, 4) is 5.69 Å². The Morgan fingerprint density at radius 1 is 1.20 bits per heavy atom. The Bertz CT molecular complexity index is 1300. The van der Waals surface area contributed by atoms with Crippen LogP contribution in [0.5, 0.6) is 0 Å². The highest BCUT2D eigenvalue weighted by Gasteiger charge is 2.14. The van der Waals surface area contributed by atoms with Gasteiger partial charge in [0.1, 0.15) is 24.1 Å². The van der Waals surface area contributed by atoms with Crippen LogP contribution >= 0.6 is 11.6 Å². The van der Waals surface area contributed by atoms with Crippen LogP contribution in [0.1, 0.15) is 11.1 Å². The first-order chi connectivity index (χ1) is 14.4. The highest BCUT2D eigenvalue weighted by Crippen LogP contribution is 2.21. The number of fused-ring (bicyclic) bond motifs is 1. The van der Waals surface area contributed by atoms with Crippen LogP contribution in [-0.4, -0.2) is 25.2 Å². The summed E-state index contributed by atoms with van der Waals surface area (Å²) in [4.78, 5) is 29.4. The number of nitrogens with zero attached hydrogens (tertiary/aromatic N) is 4. The van der Waals surface area contributed by atoms with Gasteiger partial charge in [-0.15, -0.1) is 0 Å². The van der Waals surface area contributed by atoms with Crippen LogP contribution in [0, 0.1) is 12.7 Å². The van der Waals surface area contributed by atoms with Gasteiger partial charge in [-0.1, -0.05) is 29.8 Å². The van der Waals surface area contributed by atoms with E-state index in [0.29, 0.717) is 16.1 Å². The lowest BCUT2D eigenvalue weighted by Crippen LogP contribution is -2.32. The fourth-order valence-electron chi connectivity index (χ4n) is 3.06. The minimum Gasteiger partial charge on any atom is -0.350 e. The van der Waals surface area contributed by atoms with Crippen molar-refractivity contribution in [1.29, 1.82) is 0 Å². The molecule has 0 unspecified atom stereocenters. The highest BCUT2D eigenvalue weighted by molar-refractivity contribution is 6.30. The lowest BCUT2D eigenvalue weighted by Gasteiger charge is -2.09. The number of hydrogen-bond acceptors (Lipinski definition) is 4. The van der Waals surface area contributed by atoms with Gasteiger partial charge < -0.3 is 5.32 Å². The largest absolute Gasteiger partial charge is 0.350 e. The SMILES string of the molecule is Cc1ccc(Cl)cc1-n1ncc2c(=O)n(CC(=O)NCc3ccc(F)cc3)cnc21. The Kier molecular flexibility index (Phi) is 5.33. The molecule has 4 rings (SSSR count). The van der Waals surface area contributed by atoms with Crippen molar-refractivity contribution in [1.82, 2.24) is 24.6 Å². The normalized spacial score (nSPS) is 11.0. The van der Waals surface area contributed by atoms with Crippen molar-refractivity contribution in [2.24, 2.45) is 0 Å². The van der Waals surface area contributed by atoms with Crippen LogP contribution in [0.25, 0.3) is 16.7 Å². The van der Waals surface area contributed by atoms with E-state index in [-0.39, 0.29) is 30.4 Å². The summed E-state index contributed by atoms with van der Waals surface area (Å²) in [6, 6.07) is 11.2. The number of halogens is 2. The van der Waals surface area contributed by atoms with Crippen molar-refractivity contribution in [2.75, 3.05) is 0 Å². The van der Waals surface area contributed by atoms with Crippen molar-refractivity contribution < 1.29 is 9.18 Å². The number of nitrogens with one attached hydrogen (secondary N) is 1. The van der Waals surface area contributed by atoms with E-state index in [1.54, 1.807) is 28.9 Å². The number of hydrogen-bond donors (Lipinski definition) is 1. The average molecular weight is 426 g/mol. The summed E-state index contributed by atoms with van der Waals surface area (Å²) in [5.41, 5.74) is 2.41. The summed E-state index contributed by atoms with van der Waals surface area (Å²) < 4.78 is 15.7. The molecule has 1 amide bonds. The van der Waals surface area contributed by atoms with Crippen LogP contribution in [-0.2, 0) is 17.9 Å². The van der Waals surface area contributed by atoms with Crippen molar-refractivity contribution in [3.05, 3.63) is 87.3 Å². The molecule has 4 aromatic rings. The second-order valence-electron chi connectivity index (χ2n) is 6.81. The highest BCUT2D eigenvalue weighted by atomic mass is 35.5. The topological polar surface area (TPSA) is 81.8 Å². The van der Waals surface area contributed by atoms with Crippen molar-refractivity contribution in [3.63, 3.8) is 0 Å². The molecular weight excluding hydrogens is 409 g/mol. The first-order valence-electron chi connectivity index (χ1n) is 9.13. The number of carbonyl (C=O) groups excluding carboxylic acids is 1. The Morgan fingerprint density at radius 2 is 1.97 bits per heavy atom. The molecule has 0 aliphatic heterocycles. The summed E-state index contributed by atoms with van der Waals surface area (Å²) in [6.07, 6.45) is 2.75. The molecule has 152 valence electrons. The van der Waals surface area contributed by atoms with Crippen LogP contribution in [0.4, 0.5) is 4.39 Å². The molecule has 0 saturated heterocycles. The summed E-state index contributed by atoms with van der Waals surface area (Å²) in [6.45, 7) is 1.95. The molecule has 0 atom stereocenters. The maximum atomic E-state index is 13.0. The van der Waals surface area contributed by atoms with Gasteiger partial charge in [0.05, 0.1) is 11.9 Å². The summed E-state index contributed by atoms with van der Waals surface area (Å²) in [5.74, 6) is -0.704. The first kappa shape index (κ1) is 19.8. The molecule has 0 aliphatic rings. The lowest BCUT2D eigenvalue weighted by molar-refractivity contribution is -0.121. The number of benzene rings is 2. The predicted molar refractivity (Wildman–Crippen MR) is 111 cm³/mol. The van der Waals surface area contributed by atoms with Gasteiger partial charge in [-0.25, -0.2) is 14.1 Å². The van der Waals surface area contributed by atoms with Crippen molar-refractivity contribution >= 4 is 28.5 Å². The van der Waals surface area contributed by atoms with Gasteiger partial charge in [0.2, 0.25) is 5.91 Å². The Morgan fingerprint density at radius 3 is 2.73 bits per heavy atom. The van der Waals surface area contributed by atoms with Crippen LogP contribution in [0.15, 0.2) is 59.8 Å². The van der Waals surface area contributed by atoms with Gasteiger partial charge >= 0.3 is 0 Å². The Balaban J connectivity index is 1.55. The molecule has 0 saturated carbocycles. The van der Waals surface area contributed by atoms with Crippen LogP contribution in [0.2, 0.25) is 5.02 Å². The number of rotatable bonds is 5. The molecule has 2 aromatic heterocycles. The lowest BCUT2D eigenvalue weighted by atomic mass is 10.2. The molecule has 2 heterocycles. The third-order valence-corrected chi connectivity index (χ3v) is 4.91. The van der Waals surface area contributed by atoms with E-state index < -0.39 is 0 Å². The molecule has 30 heavy (non-hydrogen) atoms. The fraction of sp³-hybridized carbons (Fsp3) is 0.143. The van der Waals surface area contributed by atoms with E-state index in [2.05, 4.69) is 15.4 Å². The van der Waals surface area contributed by atoms with E-state index in [9.17, 15) is 14.0 Å². The minimum absolute atomic E-state index is 0.190. The zero-order valence-electron chi connectivity index (χ0n) is 16.0. The quantitative estimate of drug-likeness (QED) is 0.533. The molecule has 0 fully saturated rings. The van der Waals surface area contributed by atoms with E-state index in [1.165, 1.54) is 29.2 Å². The van der Waals surface area contributed by atoms with E-state index >= 15 is 0 Å². The smallest absolute Gasteiger partial charge is 0.264 e. The van der Waals surface area contributed by atoms with Gasteiger partial charge in [0.25, 0.3) is 5.56 Å². The molecule has 0 bridgehead atoms. The second-order valence-corrected chi connectivity index (χ2v) is 7.24. The Labute approximate surface area is 175 Å². The van der Waals surface area contributed by atoms with Gasteiger partial charge in [0.15, 0.2) is 5.65 Å². The third kappa shape index (κ3) is 3.95. The molecular formula is C21H17ClFN5O2. The molecule has 0 radical (unpaired) electrons. The summed E-state index contributed by atoms with van der Waals surface area (Å²) in [5, 5.41) is 7.83. The monoisotopic (exact) mass is 425 g/mol. The molecule has 0 aliphatic carbocycles. The summed E-state index contributed by atoms with van der Waals surface area (Å²) in [7, 11) is 0. The second kappa shape index (κ2) is 8.08. The number of amides is 1. The Hall–Kier alpha value is -3.52. The van der Waals surface area contributed by atoms with E-state index in [1.807, 2.05) is 13.0 Å². The molecule has 2 aromatic carbocycles. The van der Waals surface area contributed by atoms with Gasteiger partial charge in [-0.2, -0.15) is 5.10 Å². The predicted octanol–water partition coefficient (Wildman–Crippen LogP) is 3.00. The van der Waals surface area contributed by atoms with Gasteiger partial charge in [-0.05, 0) is 42.3 Å². The molecule has 7 nitrogen and oxygen atoms in total. The third-order valence-electron chi connectivity index (χ3n) is 4.67. The maximum absolute atomic E-state index is 13.0. The standard InChI is InChI=1S/C21H17ClFN5O2/c1-13-2-5-15(22)8-18(13)28-20-17(10-26-28)21(30)27(12-25-20)11-19(29)24-9-14-3-6-16(23)7-4-14/h2-8,10,12H,9,11H2,1H3,(H,24,29). The summed E-state index contributed by atoms with van der Waals surface area (Å²) >= 11 is 6.09. The zero-order valence-corrected chi connectivity index (χ0v) is 16.7. The average Bonchev–Trinajstić information content (AvgIpc) is 3.16. The van der Waals surface area contributed by atoms with Crippen LogP contribution in [0.3, 0.4) is 0 Å². The van der Waals surface area contributed by atoms with Crippen molar-refractivity contribution in [2.45, 2.75) is 20.0 Å². The maximum Gasteiger partial charge on any atom is 0.264 e. The van der Waals surface area contributed by atoms with Gasteiger partial charge in [-0.3, -0.25) is 14.2 Å². The van der Waals surface area contributed by atoms with E-state index in [0.717, 1.165) is 16.8 Å².